The number of ether oxygens (including phenoxy) is 1. The Balaban J connectivity index is 2.69. The summed E-state index contributed by atoms with van der Waals surface area (Å²) in [6.45, 7) is 1.84. The highest BCUT2D eigenvalue weighted by Gasteiger charge is 2.14. The fraction of sp³-hybridized carbons (Fsp3) is 0.455. The SMILES string of the molecule is COC(C)CC(O)c1ccccc1F. The van der Waals surface area contributed by atoms with Gasteiger partial charge in [0.2, 0.25) is 0 Å². The molecule has 0 aromatic heterocycles. The maximum atomic E-state index is 13.2. The molecule has 0 saturated heterocycles. The van der Waals surface area contributed by atoms with Crippen LogP contribution in [0.2, 0.25) is 0 Å². The van der Waals surface area contributed by atoms with Gasteiger partial charge in [-0.15, -0.1) is 0 Å². The minimum atomic E-state index is -0.800. The summed E-state index contributed by atoms with van der Waals surface area (Å²) in [6.07, 6.45) is -0.479. The van der Waals surface area contributed by atoms with Crippen LogP contribution in [0, 0.1) is 5.82 Å². The number of halogens is 1. The summed E-state index contributed by atoms with van der Waals surface area (Å²) in [7, 11) is 1.57. The average Bonchev–Trinajstić information content (AvgIpc) is 2.18. The molecule has 2 nitrogen and oxygen atoms in total. The normalized spacial score (nSPS) is 15.1. The molecule has 0 fully saturated rings. The van der Waals surface area contributed by atoms with Gasteiger partial charge >= 0.3 is 0 Å². The average molecular weight is 198 g/mol. The van der Waals surface area contributed by atoms with E-state index in [2.05, 4.69) is 0 Å². The summed E-state index contributed by atoms with van der Waals surface area (Å²) in [6, 6.07) is 6.24. The summed E-state index contributed by atoms with van der Waals surface area (Å²) in [5.41, 5.74) is 0.330. The largest absolute Gasteiger partial charge is 0.388 e. The van der Waals surface area contributed by atoms with Gasteiger partial charge in [0.05, 0.1) is 12.2 Å². The summed E-state index contributed by atoms with van der Waals surface area (Å²) in [5, 5.41) is 9.68. The Morgan fingerprint density at radius 2 is 2.07 bits per heavy atom. The lowest BCUT2D eigenvalue weighted by molar-refractivity contribution is 0.0546. The molecule has 0 radical (unpaired) electrons. The molecular formula is C11H15FO2. The molecule has 14 heavy (non-hydrogen) atoms. The van der Waals surface area contributed by atoms with Crippen LogP contribution in [0.3, 0.4) is 0 Å². The van der Waals surface area contributed by atoms with E-state index in [0.717, 1.165) is 0 Å². The van der Waals surface area contributed by atoms with Gasteiger partial charge in [-0.3, -0.25) is 0 Å². The Hall–Kier alpha value is -0.930. The molecule has 0 aliphatic rings. The molecule has 0 bridgehead atoms. The third-order valence-electron chi connectivity index (χ3n) is 2.22. The Labute approximate surface area is 83.3 Å². The van der Waals surface area contributed by atoms with Crippen molar-refractivity contribution in [2.75, 3.05) is 7.11 Å². The van der Waals surface area contributed by atoms with E-state index in [1.54, 1.807) is 25.3 Å². The van der Waals surface area contributed by atoms with Gasteiger partial charge in [0, 0.05) is 19.1 Å². The van der Waals surface area contributed by atoms with Crippen LogP contribution in [-0.4, -0.2) is 18.3 Å². The number of benzene rings is 1. The Morgan fingerprint density at radius 3 is 2.64 bits per heavy atom. The zero-order valence-electron chi connectivity index (χ0n) is 8.40. The summed E-state index contributed by atoms with van der Waals surface area (Å²) < 4.78 is 18.2. The van der Waals surface area contributed by atoms with Crippen LogP contribution in [-0.2, 0) is 4.74 Å². The van der Waals surface area contributed by atoms with Crippen molar-refractivity contribution in [3.63, 3.8) is 0 Å². The van der Waals surface area contributed by atoms with Gasteiger partial charge < -0.3 is 9.84 Å². The number of rotatable bonds is 4. The fourth-order valence-corrected chi connectivity index (χ4v) is 1.28. The maximum Gasteiger partial charge on any atom is 0.129 e. The van der Waals surface area contributed by atoms with E-state index < -0.39 is 6.10 Å². The van der Waals surface area contributed by atoms with Crippen LogP contribution in [0.15, 0.2) is 24.3 Å². The minimum Gasteiger partial charge on any atom is -0.388 e. The van der Waals surface area contributed by atoms with E-state index in [0.29, 0.717) is 12.0 Å². The van der Waals surface area contributed by atoms with Gasteiger partial charge in [0.1, 0.15) is 5.82 Å². The lowest BCUT2D eigenvalue weighted by Gasteiger charge is -2.15. The topological polar surface area (TPSA) is 29.5 Å². The van der Waals surface area contributed by atoms with E-state index in [4.69, 9.17) is 4.74 Å². The molecule has 78 valence electrons. The molecule has 1 rings (SSSR count). The molecule has 0 saturated carbocycles. The Kier molecular flexibility index (Phi) is 4.04. The van der Waals surface area contributed by atoms with Crippen molar-refractivity contribution in [3.8, 4) is 0 Å². The number of hydrogen-bond acceptors (Lipinski definition) is 2. The van der Waals surface area contributed by atoms with Gasteiger partial charge in [-0.05, 0) is 13.0 Å². The van der Waals surface area contributed by atoms with E-state index in [1.165, 1.54) is 6.07 Å². The molecule has 0 aliphatic heterocycles. The lowest BCUT2D eigenvalue weighted by Crippen LogP contribution is -2.11. The predicted molar refractivity (Wildman–Crippen MR) is 52.4 cm³/mol. The van der Waals surface area contributed by atoms with Gasteiger partial charge in [0.25, 0.3) is 0 Å². The van der Waals surface area contributed by atoms with Crippen molar-refractivity contribution < 1.29 is 14.2 Å². The molecule has 2 unspecified atom stereocenters. The third-order valence-corrected chi connectivity index (χ3v) is 2.22. The highest BCUT2D eigenvalue weighted by molar-refractivity contribution is 5.19. The third kappa shape index (κ3) is 2.79. The van der Waals surface area contributed by atoms with Gasteiger partial charge in [-0.25, -0.2) is 4.39 Å². The summed E-state index contributed by atoms with van der Waals surface area (Å²) in [5.74, 6) is -0.372. The summed E-state index contributed by atoms with van der Waals surface area (Å²) >= 11 is 0. The fourth-order valence-electron chi connectivity index (χ4n) is 1.28. The quantitative estimate of drug-likeness (QED) is 0.804. The minimum absolute atomic E-state index is 0.0791. The first-order chi connectivity index (χ1) is 6.65. The number of aliphatic hydroxyl groups is 1. The molecule has 1 N–H and O–H groups in total. The van der Waals surface area contributed by atoms with Crippen LogP contribution in [0.5, 0.6) is 0 Å². The first kappa shape index (κ1) is 11.1. The van der Waals surface area contributed by atoms with E-state index >= 15 is 0 Å². The molecule has 1 aromatic carbocycles. The Bertz CT molecular complexity index is 288. The second-order valence-corrected chi connectivity index (χ2v) is 3.32. The smallest absolute Gasteiger partial charge is 0.129 e. The van der Waals surface area contributed by atoms with E-state index in [-0.39, 0.29) is 11.9 Å². The van der Waals surface area contributed by atoms with Crippen LogP contribution < -0.4 is 0 Å². The predicted octanol–water partition coefficient (Wildman–Crippen LogP) is 2.28. The van der Waals surface area contributed by atoms with Crippen molar-refractivity contribution in [2.24, 2.45) is 0 Å². The van der Waals surface area contributed by atoms with Crippen molar-refractivity contribution >= 4 is 0 Å². The molecule has 0 heterocycles. The maximum absolute atomic E-state index is 13.2. The first-order valence-corrected chi connectivity index (χ1v) is 4.60. The van der Waals surface area contributed by atoms with Crippen molar-refractivity contribution in [3.05, 3.63) is 35.6 Å². The second kappa shape index (κ2) is 5.08. The van der Waals surface area contributed by atoms with Crippen LogP contribution in [0.25, 0.3) is 0 Å². The number of hydrogen-bond donors (Lipinski definition) is 1. The molecule has 0 aliphatic carbocycles. The molecule has 1 aromatic rings. The van der Waals surface area contributed by atoms with E-state index in [9.17, 15) is 9.50 Å². The molecule has 0 spiro atoms. The van der Waals surface area contributed by atoms with Gasteiger partial charge in [-0.2, -0.15) is 0 Å². The monoisotopic (exact) mass is 198 g/mol. The second-order valence-electron chi connectivity index (χ2n) is 3.32. The van der Waals surface area contributed by atoms with Gasteiger partial charge in [0.15, 0.2) is 0 Å². The van der Waals surface area contributed by atoms with Crippen LogP contribution in [0.1, 0.15) is 25.0 Å². The Morgan fingerprint density at radius 1 is 1.43 bits per heavy atom. The van der Waals surface area contributed by atoms with Crippen LogP contribution in [0.4, 0.5) is 4.39 Å². The molecule has 3 heteroatoms. The summed E-state index contributed by atoms with van der Waals surface area (Å²) in [4.78, 5) is 0. The van der Waals surface area contributed by atoms with E-state index in [1.807, 2.05) is 6.92 Å². The molecule has 2 atom stereocenters. The highest BCUT2D eigenvalue weighted by Crippen LogP contribution is 2.21. The van der Waals surface area contributed by atoms with Crippen LogP contribution >= 0.6 is 0 Å². The zero-order chi connectivity index (χ0) is 10.6. The number of aliphatic hydroxyl groups excluding tert-OH is 1. The van der Waals surface area contributed by atoms with Crippen molar-refractivity contribution in [1.82, 2.24) is 0 Å². The first-order valence-electron chi connectivity index (χ1n) is 4.60. The van der Waals surface area contributed by atoms with Gasteiger partial charge in [-0.1, -0.05) is 18.2 Å². The lowest BCUT2D eigenvalue weighted by atomic mass is 10.0. The highest BCUT2D eigenvalue weighted by atomic mass is 19.1. The standard InChI is InChI=1S/C11H15FO2/c1-8(14-2)7-11(13)9-5-3-4-6-10(9)12/h3-6,8,11,13H,7H2,1-2H3. The number of methoxy groups -OCH3 is 1. The van der Waals surface area contributed by atoms with Crippen molar-refractivity contribution in [2.45, 2.75) is 25.6 Å². The molecule has 0 amide bonds. The molecular weight excluding hydrogens is 183 g/mol. The zero-order valence-corrected chi connectivity index (χ0v) is 8.40. The van der Waals surface area contributed by atoms with Crippen molar-refractivity contribution in [1.29, 1.82) is 0 Å².